The minimum Gasteiger partial charge on any atom is -0.375 e. The van der Waals surface area contributed by atoms with Gasteiger partial charge in [-0.15, -0.1) is 0 Å². The standard InChI is InChI=1S/C9H19NO/c1-4-11-9(2,3)7-10-8-5-6-8/h8,10H,4-7H2,1-3H3. The maximum atomic E-state index is 5.54. The van der Waals surface area contributed by atoms with E-state index in [2.05, 4.69) is 19.2 Å². The highest BCUT2D eigenvalue weighted by molar-refractivity contribution is 4.84. The highest BCUT2D eigenvalue weighted by Gasteiger charge is 2.24. The van der Waals surface area contributed by atoms with Gasteiger partial charge in [0.2, 0.25) is 0 Å². The van der Waals surface area contributed by atoms with Gasteiger partial charge in [-0.25, -0.2) is 0 Å². The molecule has 0 radical (unpaired) electrons. The summed E-state index contributed by atoms with van der Waals surface area (Å²) in [5, 5.41) is 3.46. The molecule has 0 bridgehead atoms. The number of hydrogen-bond acceptors (Lipinski definition) is 2. The maximum Gasteiger partial charge on any atom is 0.0750 e. The molecule has 2 heteroatoms. The molecule has 0 amide bonds. The predicted molar refractivity (Wildman–Crippen MR) is 46.7 cm³/mol. The first-order valence-corrected chi connectivity index (χ1v) is 4.51. The largest absolute Gasteiger partial charge is 0.375 e. The molecule has 0 atom stereocenters. The smallest absolute Gasteiger partial charge is 0.0750 e. The van der Waals surface area contributed by atoms with E-state index < -0.39 is 0 Å². The van der Waals surface area contributed by atoms with E-state index in [4.69, 9.17) is 4.74 Å². The molecular formula is C9H19NO. The zero-order valence-electron chi connectivity index (χ0n) is 7.81. The highest BCUT2D eigenvalue weighted by Crippen LogP contribution is 2.19. The normalized spacial score (nSPS) is 18.8. The molecule has 0 aromatic heterocycles. The second-order valence-electron chi connectivity index (χ2n) is 3.85. The molecule has 0 aliphatic heterocycles. The van der Waals surface area contributed by atoms with Gasteiger partial charge in [0, 0.05) is 19.2 Å². The maximum absolute atomic E-state index is 5.54. The molecule has 0 unspecified atom stereocenters. The summed E-state index contributed by atoms with van der Waals surface area (Å²) < 4.78 is 5.54. The van der Waals surface area contributed by atoms with E-state index in [9.17, 15) is 0 Å². The van der Waals surface area contributed by atoms with Gasteiger partial charge in [-0.2, -0.15) is 0 Å². The van der Waals surface area contributed by atoms with Gasteiger partial charge in [0.1, 0.15) is 0 Å². The van der Waals surface area contributed by atoms with Crippen molar-refractivity contribution in [1.29, 1.82) is 0 Å². The van der Waals surface area contributed by atoms with Crippen molar-refractivity contribution in [3.05, 3.63) is 0 Å². The Bertz CT molecular complexity index is 119. The Morgan fingerprint density at radius 2 is 2.09 bits per heavy atom. The molecule has 0 heterocycles. The van der Waals surface area contributed by atoms with Crippen LogP contribution in [0.5, 0.6) is 0 Å². The zero-order chi connectivity index (χ0) is 8.32. The average molecular weight is 157 g/mol. The first kappa shape index (κ1) is 9.01. The fraction of sp³-hybridized carbons (Fsp3) is 1.00. The fourth-order valence-electron chi connectivity index (χ4n) is 1.12. The van der Waals surface area contributed by atoms with E-state index in [0.717, 1.165) is 19.2 Å². The number of rotatable bonds is 5. The van der Waals surface area contributed by atoms with Crippen LogP contribution in [0.1, 0.15) is 33.6 Å². The van der Waals surface area contributed by atoms with Gasteiger partial charge in [0.05, 0.1) is 5.60 Å². The van der Waals surface area contributed by atoms with Crippen LogP contribution < -0.4 is 5.32 Å². The van der Waals surface area contributed by atoms with Crippen molar-refractivity contribution in [2.45, 2.75) is 45.3 Å². The lowest BCUT2D eigenvalue weighted by Gasteiger charge is -2.24. The fourth-order valence-corrected chi connectivity index (χ4v) is 1.12. The first-order chi connectivity index (χ1) is 5.14. The molecule has 1 saturated carbocycles. The Labute approximate surface area is 69.3 Å². The quantitative estimate of drug-likeness (QED) is 0.654. The third kappa shape index (κ3) is 3.73. The Morgan fingerprint density at radius 3 is 2.55 bits per heavy atom. The van der Waals surface area contributed by atoms with Crippen LogP contribution >= 0.6 is 0 Å². The average Bonchev–Trinajstić information content (AvgIpc) is 2.65. The molecule has 1 N–H and O–H groups in total. The summed E-state index contributed by atoms with van der Waals surface area (Å²) in [7, 11) is 0. The molecule has 1 fully saturated rings. The number of hydrogen-bond donors (Lipinski definition) is 1. The molecule has 0 aromatic rings. The molecule has 1 aliphatic rings. The third-order valence-electron chi connectivity index (χ3n) is 1.93. The minimum atomic E-state index is 0.0113. The SMILES string of the molecule is CCOC(C)(C)CNC1CC1. The molecule has 11 heavy (non-hydrogen) atoms. The van der Waals surface area contributed by atoms with Gasteiger partial charge in [0.15, 0.2) is 0 Å². The topological polar surface area (TPSA) is 21.3 Å². The van der Waals surface area contributed by atoms with Crippen LogP contribution in [-0.4, -0.2) is 24.8 Å². The van der Waals surface area contributed by atoms with Crippen LogP contribution in [0.15, 0.2) is 0 Å². The third-order valence-corrected chi connectivity index (χ3v) is 1.93. The molecule has 66 valence electrons. The van der Waals surface area contributed by atoms with Gasteiger partial charge in [0.25, 0.3) is 0 Å². The van der Waals surface area contributed by atoms with Crippen LogP contribution in [0.25, 0.3) is 0 Å². The Morgan fingerprint density at radius 1 is 1.45 bits per heavy atom. The molecule has 0 spiro atoms. The van der Waals surface area contributed by atoms with Crippen molar-refractivity contribution >= 4 is 0 Å². The Balaban J connectivity index is 2.09. The lowest BCUT2D eigenvalue weighted by Crippen LogP contribution is -2.38. The van der Waals surface area contributed by atoms with E-state index >= 15 is 0 Å². The van der Waals surface area contributed by atoms with Gasteiger partial charge in [-0.3, -0.25) is 0 Å². The molecule has 0 saturated heterocycles. The van der Waals surface area contributed by atoms with E-state index in [1.807, 2.05) is 6.92 Å². The van der Waals surface area contributed by atoms with Crippen molar-refractivity contribution in [1.82, 2.24) is 5.32 Å². The zero-order valence-corrected chi connectivity index (χ0v) is 7.81. The lowest BCUT2D eigenvalue weighted by atomic mass is 10.1. The summed E-state index contributed by atoms with van der Waals surface area (Å²) in [6, 6.07) is 0.787. The molecule has 2 nitrogen and oxygen atoms in total. The summed E-state index contributed by atoms with van der Waals surface area (Å²) in [4.78, 5) is 0. The Hall–Kier alpha value is -0.0800. The van der Waals surface area contributed by atoms with Crippen LogP contribution in [0, 0.1) is 0 Å². The highest BCUT2D eigenvalue weighted by atomic mass is 16.5. The van der Waals surface area contributed by atoms with Gasteiger partial charge in [-0.05, 0) is 33.6 Å². The summed E-state index contributed by atoms with van der Waals surface area (Å²) in [6.07, 6.45) is 2.70. The van der Waals surface area contributed by atoms with Crippen LogP contribution in [-0.2, 0) is 4.74 Å². The van der Waals surface area contributed by atoms with Crippen molar-refractivity contribution in [3.8, 4) is 0 Å². The van der Waals surface area contributed by atoms with Crippen molar-refractivity contribution < 1.29 is 4.74 Å². The first-order valence-electron chi connectivity index (χ1n) is 4.51. The summed E-state index contributed by atoms with van der Waals surface area (Å²) in [6.45, 7) is 8.08. The van der Waals surface area contributed by atoms with Gasteiger partial charge >= 0.3 is 0 Å². The van der Waals surface area contributed by atoms with E-state index in [1.54, 1.807) is 0 Å². The summed E-state index contributed by atoms with van der Waals surface area (Å²) >= 11 is 0. The van der Waals surface area contributed by atoms with E-state index in [1.165, 1.54) is 12.8 Å². The summed E-state index contributed by atoms with van der Waals surface area (Å²) in [5.74, 6) is 0. The van der Waals surface area contributed by atoms with E-state index in [0.29, 0.717) is 0 Å². The predicted octanol–water partition coefficient (Wildman–Crippen LogP) is 1.55. The monoisotopic (exact) mass is 157 g/mol. The van der Waals surface area contributed by atoms with Crippen molar-refractivity contribution in [3.63, 3.8) is 0 Å². The number of nitrogens with one attached hydrogen (secondary N) is 1. The molecule has 1 aliphatic carbocycles. The summed E-state index contributed by atoms with van der Waals surface area (Å²) in [5.41, 5.74) is 0.0113. The Kier molecular flexibility index (Phi) is 2.90. The lowest BCUT2D eigenvalue weighted by molar-refractivity contribution is -0.00900. The van der Waals surface area contributed by atoms with Gasteiger partial charge in [-0.1, -0.05) is 0 Å². The van der Waals surface area contributed by atoms with Crippen LogP contribution in [0.3, 0.4) is 0 Å². The van der Waals surface area contributed by atoms with Gasteiger partial charge < -0.3 is 10.1 Å². The van der Waals surface area contributed by atoms with Crippen LogP contribution in [0.2, 0.25) is 0 Å². The second-order valence-corrected chi connectivity index (χ2v) is 3.85. The molecule has 1 rings (SSSR count). The minimum absolute atomic E-state index is 0.0113. The molecule has 0 aromatic carbocycles. The van der Waals surface area contributed by atoms with Crippen molar-refractivity contribution in [2.24, 2.45) is 0 Å². The van der Waals surface area contributed by atoms with E-state index in [-0.39, 0.29) is 5.60 Å². The number of ether oxygens (including phenoxy) is 1. The molecular weight excluding hydrogens is 138 g/mol. The van der Waals surface area contributed by atoms with Crippen LogP contribution in [0.4, 0.5) is 0 Å². The second kappa shape index (κ2) is 3.55. The van der Waals surface area contributed by atoms with Crippen molar-refractivity contribution in [2.75, 3.05) is 13.2 Å².